The van der Waals surface area contributed by atoms with Gasteiger partial charge in [0.25, 0.3) is 0 Å². The van der Waals surface area contributed by atoms with E-state index in [1.54, 1.807) is 19.1 Å². The van der Waals surface area contributed by atoms with Gasteiger partial charge in [0, 0.05) is 17.7 Å². The van der Waals surface area contributed by atoms with Crippen LogP contribution in [0.1, 0.15) is 61.0 Å². The zero-order valence-electron chi connectivity index (χ0n) is 16.6. The molecule has 0 heterocycles. The van der Waals surface area contributed by atoms with Gasteiger partial charge < -0.3 is 5.73 Å². The van der Waals surface area contributed by atoms with Crippen molar-refractivity contribution in [2.24, 2.45) is 5.73 Å². The second-order valence-electron chi connectivity index (χ2n) is 7.12. The van der Waals surface area contributed by atoms with Gasteiger partial charge in [0.2, 0.25) is 5.78 Å². The summed E-state index contributed by atoms with van der Waals surface area (Å²) in [5, 5.41) is 0. The van der Waals surface area contributed by atoms with E-state index >= 15 is 0 Å². The van der Waals surface area contributed by atoms with Gasteiger partial charge in [-0.3, -0.25) is 14.5 Å². The Kier molecular flexibility index (Phi) is 6.72. The lowest BCUT2D eigenvalue weighted by Crippen LogP contribution is -2.40. The van der Waals surface area contributed by atoms with E-state index in [0.29, 0.717) is 17.6 Å². The average molecular weight is 368 g/mol. The third-order valence-corrected chi connectivity index (χ3v) is 4.80. The fourth-order valence-corrected chi connectivity index (χ4v) is 3.60. The summed E-state index contributed by atoms with van der Waals surface area (Å²) in [6.07, 6.45) is 5.29. The summed E-state index contributed by atoms with van der Waals surface area (Å²) in [6.45, 7) is 7.29. The lowest BCUT2D eigenvalue weighted by atomic mass is 9.96. The van der Waals surface area contributed by atoms with Gasteiger partial charge in [0.1, 0.15) is 5.70 Å². The summed E-state index contributed by atoms with van der Waals surface area (Å²) < 4.78 is 0. The molecule has 27 heavy (non-hydrogen) atoms. The molecule has 0 saturated carbocycles. The second kappa shape index (κ2) is 8.80. The summed E-state index contributed by atoms with van der Waals surface area (Å²) in [7, 11) is 0. The van der Waals surface area contributed by atoms with Gasteiger partial charge in [-0.15, -0.1) is 0 Å². The van der Waals surface area contributed by atoms with Crippen molar-refractivity contribution in [3.05, 3.63) is 57.8 Å². The van der Waals surface area contributed by atoms with Crippen molar-refractivity contribution in [2.45, 2.75) is 53.4 Å². The second-order valence-corrected chi connectivity index (χ2v) is 7.12. The zero-order valence-corrected chi connectivity index (χ0v) is 16.6. The molecule has 5 heteroatoms. The van der Waals surface area contributed by atoms with Crippen LogP contribution < -0.4 is 5.73 Å². The van der Waals surface area contributed by atoms with E-state index in [1.807, 2.05) is 19.9 Å². The first-order chi connectivity index (χ1) is 12.7. The van der Waals surface area contributed by atoms with Gasteiger partial charge in [-0.2, -0.15) is 0 Å². The standard InChI is InChI=1S/C22H28N2O3/c1-5-19(16(4)25)20(21(26)18-11-14(2)10-15(3)12-18)24(22(23)27)13-17-8-6-7-9-17/h8,10-12H,5-7,9,13H2,1-4H3,(H2,23,27)/b20-19-. The number of rotatable bonds is 7. The summed E-state index contributed by atoms with van der Waals surface area (Å²) in [5.41, 5.74) is 9.50. The summed E-state index contributed by atoms with van der Waals surface area (Å²) in [6, 6.07) is 4.80. The van der Waals surface area contributed by atoms with Crippen LogP contribution in [0.3, 0.4) is 0 Å². The molecule has 0 aliphatic heterocycles. The first kappa shape index (κ1) is 20.6. The van der Waals surface area contributed by atoms with E-state index in [1.165, 1.54) is 11.8 Å². The Balaban J connectivity index is 2.60. The fourth-order valence-electron chi connectivity index (χ4n) is 3.60. The summed E-state index contributed by atoms with van der Waals surface area (Å²) in [4.78, 5) is 39.2. The highest BCUT2D eigenvalue weighted by molar-refractivity contribution is 6.14. The van der Waals surface area contributed by atoms with Crippen molar-refractivity contribution >= 4 is 17.6 Å². The van der Waals surface area contributed by atoms with Crippen LogP contribution in [0.4, 0.5) is 4.79 Å². The molecule has 1 aliphatic rings. The Morgan fingerprint density at radius 3 is 2.19 bits per heavy atom. The quantitative estimate of drug-likeness (QED) is 0.444. The topological polar surface area (TPSA) is 80.5 Å². The van der Waals surface area contributed by atoms with Gasteiger partial charge in [0.15, 0.2) is 5.78 Å². The van der Waals surface area contributed by atoms with Crippen molar-refractivity contribution in [1.82, 2.24) is 4.90 Å². The van der Waals surface area contributed by atoms with Gasteiger partial charge in [-0.05, 0) is 58.6 Å². The lowest BCUT2D eigenvalue weighted by Gasteiger charge is -2.26. The molecule has 144 valence electrons. The number of carbonyl (C=O) groups excluding carboxylic acids is 3. The minimum atomic E-state index is -0.720. The van der Waals surface area contributed by atoms with Crippen LogP contribution >= 0.6 is 0 Å². The van der Waals surface area contributed by atoms with Gasteiger partial charge in [0.05, 0.1) is 0 Å². The molecule has 2 amide bonds. The summed E-state index contributed by atoms with van der Waals surface area (Å²) in [5.74, 6) is -0.567. The highest BCUT2D eigenvalue weighted by Gasteiger charge is 2.29. The number of primary amides is 1. The molecule has 0 radical (unpaired) electrons. The third-order valence-electron chi connectivity index (χ3n) is 4.80. The van der Waals surface area contributed by atoms with E-state index in [0.717, 1.165) is 36.0 Å². The number of benzene rings is 1. The minimum Gasteiger partial charge on any atom is -0.351 e. The van der Waals surface area contributed by atoms with Crippen LogP contribution in [-0.2, 0) is 4.79 Å². The lowest BCUT2D eigenvalue weighted by molar-refractivity contribution is -0.113. The molecule has 0 unspecified atom stereocenters. The Morgan fingerprint density at radius 1 is 1.11 bits per heavy atom. The maximum atomic E-state index is 13.4. The van der Waals surface area contributed by atoms with E-state index in [-0.39, 0.29) is 23.8 Å². The van der Waals surface area contributed by atoms with Gasteiger partial charge >= 0.3 is 6.03 Å². The number of aryl methyl sites for hydroxylation is 2. The molecule has 0 aromatic heterocycles. The Bertz CT molecular complexity index is 814. The molecule has 2 N–H and O–H groups in total. The number of urea groups is 1. The number of ketones is 2. The molecule has 1 aromatic rings. The van der Waals surface area contributed by atoms with Crippen LogP contribution in [0.25, 0.3) is 0 Å². The largest absolute Gasteiger partial charge is 0.351 e. The third kappa shape index (κ3) is 4.94. The molecule has 1 aromatic carbocycles. The van der Waals surface area contributed by atoms with Crippen molar-refractivity contribution in [3.63, 3.8) is 0 Å². The number of hydrogen-bond acceptors (Lipinski definition) is 3. The van der Waals surface area contributed by atoms with E-state index in [4.69, 9.17) is 5.73 Å². The molecule has 0 atom stereocenters. The van der Waals surface area contributed by atoms with Crippen LogP contribution in [0.15, 0.2) is 41.1 Å². The molecular weight excluding hydrogens is 340 g/mol. The Hall–Kier alpha value is -2.69. The predicted octanol–water partition coefficient (Wildman–Crippen LogP) is 4.23. The predicted molar refractivity (Wildman–Crippen MR) is 106 cm³/mol. The van der Waals surface area contributed by atoms with Crippen LogP contribution in [0, 0.1) is 13.8 Å². The van der Waals surface area contributed by atoms with Crippen molar-refractivity contribution in [3.8, 4) is 0 Å². The first-order valence-electron chi connectivity index (χ1n) is 9.36. The molecule has 0 saturated heterocycles. The zero-order chi connectivity index (χ0) is 20.1. The molecule has 0 bridgehead atoms. The SMILES string of the molecule is CC/C(C(C)=O)=C(\C(=O)c1cc(C)cc(C)c1)N(CC1=CCCC1)C(N)=O. The number of nitrogens with zero attached hydrogens (tertiary/aromatic N) is 1. The molecular formula is C22H28N2O3. The van der Waals surface area contributed by atoms with E-state index in [2.05, 4.69) is 6.08 Å². The normalized spacial score (nSPS) is 14.4. The van der Waals surface area contributed by atoms with Gasteiger partial charge in [-0.1, -0.05) is 35.8 Å². The fraction of sp³-hybridized carbons (Fsp3) is 0.409. The Labute approximate surface area is 160 Å². The molecule has 5 nitrogen and oxygen atoms in total. The first-order valence-corrected chi connectivity index (χ1v) is 9.36. The maximum absolute atomic E-state index is 13.4. The monoisotopic (exact) mass is 368 g/mol. The van der Waals surface area contributed by atoms with Crippen molar-refractivity contribution in [2.75, 3.05) is 6.54 Å². The van der Waals surface area contributed by atoms with E-state index < -0.39 is 6.03 Å². The van der Waals surface area contributed by atoms with Crippen molar-refractivity contribution < 1.29 is 14.4 Å². The smallest absolute Gasteiger partial charge is 0.319 e. The highest BCUT2D eigenvalue weighted by Crippen LogP contribution is 2.25. The summed E-state index contributed by atoms with van der Waals surface area (Å²) >= 11 is 0. The minimum absolute atomic E-state index is 0.107. The van der Waals surface area contributed by atoms with Crippen LogP contribution in [0.5, 0.6) is 0 Å². The van der Waals surface area contributed by atoms with Crippen molar-refractivity contribution in [1.29, 1.82) is 0 Å². The number of nitrogens with two attached hydrogens (primary N) is 1. The van der Waals surface area contributed by atoms with Crippen LogP contribution in [-0.4, -0.2) is 29.0 Å². The molecule has 1 aliphatic carbocycles. The van der Waals surface area contributed by atoms with Gasteiger partial charge in [-0.25, -0.2) is 4.79 Å². The number of carbonyl (C=O) groups is 3. The molecule has 0 fully saturated rings. The number of Topliss-reactive ketones (excluding diaryl/α,β-unsaturated/α-hetero) is 2. The highest BCUT2D eigenvalue weighted by atomic mass is 16.2. The van der Waals surface area contributed by atoms with E-state index in [9.17, 15) is 14.4 Å². The maximum Gasteiger partial charge on any atom is 0.319 e. The van der Waals surface area contributed by atoms with Crippen LogP contribution in [0.2, 0.25) is 0 Å². The molecule has 0 spiro atoms. The number of hydrogen-bond donors (Lipinski definition) is 1. The molecule has 2 rings (SSSR count). The average Bonchev–Trinajstić information content (AvgIpc) is 3.09. The number of allylic oxidation sites excluding steroid dienone is 3. The Morgan fingerprint density at radius 2 is 1.74 bits per heavy atom. The number of amides is 2.